The minimum atomic E-state index is 0.725. The summed E-state index contributed by atoms with van der Waals surface area (Å²) >= 11 is 0. The standard InChI is InChI=1S/C12H13NO/c14-13-12(11-8-4-5-9-11)10-6-2-1-3-7-10/h1-3,6-8,14H,4-5,9H2. The molecular formula is C12H13NO. The second-order valence-corrected chi connectivity index (χ2v) is 3.44. The van der Waals surface area contributed by atoms with Gasteiger partial charge in [-0.1, -0.05) is 41.6 Å². The van der Waals surface area contributed by atoms with Crippen LogP contribution in [0.15, 0.2) is 47.1 Å². The number of nitrogens with zero attached hydrogens (tertiary/aromatic N) is 1. The fourth-order valence-electron chi connectivity index (χ4n) is 1.79. The molecule has 0 bridgehead atoms. The molecule has 0 spiro atoms. The third kappa shape index (κ3) is 1.69. The van der Waals surface area contributed by atoms with Gasteiger partial charge in [0.1, 0.15) is 5.71 Å². The molecule has 0 saturated carbocycles. The highest BCUT2D eigenvalue weighted by molar-refractivity contribution is 6.12. The van der Waals surface area contributed by atoms with Crippen LogP contribution in [-0.2, 0) is 0 Å². The van der Waals surface area contributed by atoms with Crippen LogP contribution in [0.2, 0.25) is 0 Å². The maximum Gasteiger partial charge on any atom is 0.112 e. The van der Waals surface area contributed by atoms with E-state index in [1.165, 1.54) is 12.0 Å². The Morgan fingerprint density at radius 2 is 2.00 bits per heavy atom. The van der Waals surface area contributed by atoms with Crippen LogP contribution in [0, 0.1) is 0 Å². The molecule has 0 fully saturated rings. The molecule has 0 amide bonds. The summed E-state index contributed by atoms with van der Waals surface area (Å²) in [6, 6.07) is 9.80. The number of allylic oxidation sites excluding steroid dienone is 2. The molecule has 2 nitrogen and oxygen atoms in total. The fraction of sp³-hybridized carbons (Fsp3) is 0.250. The molecule has 0 atom stereocenters. The maximum absolute atomic E-state index is 8.99. The summed E-state index contributed by atoms with van der Waals surface area (Å²) in [5, 5.41) is 12.4. The van der Waals surface area contributed by atoms with Gasteiger partial charge in [-0.2, -0.15) is 0 Å². The van der Waals surface area contributed by atoms with E-state index >= 15 is 0 Å². The molecule has 2 rings (SSSR count). The van der Waals surface area contributed by atoms with Crippen molar-refractivity contribution in [2.75, 3.05) is 0 Å². The first-order valence-corrected chi connectivity index (χ1v) is 4.88. The van der Waals surface area contributed by atoms with Crippen molar-refractivity contribution in [3.63, 3.8) is 0 Å². The Kier molecular flexibility index (Phi) is 2.63. The van der Waals surface area contributed by atoms with Gasteiger partial charge in [0.25, 0.3) is 0 Å². The van der Waals surface area contributed by atoms with Gasteiger partial charge in [0.05, 0.1) is 0 Å². The highest BCUT2D eigenvalue weighted by Crippen LogP contribution is 2.22. The molecular weight excluding hydrogens is 174 g/mol. The van der Waals surface area contributed by atoms with Gasteiger partial charge in [-0.25, -0.2) is 0 Å². The lowest BCUT2D eigenvalue weighted by Crippen LogP contribution is -2.03. The van der Waals surface area contributed by atoms with E-state index in [2.05, 4.69) is 11.2 Å². The average molecular weight is 187 g/mol. The van der Waals surface area contributed by atoms with Gasteiger partial charge in [-0.05, 0) is 24.8 Å². The van der Waals surface area contributed by atoms with E-state index in [0.717, 1.165) is 24.1 Å². The summed E-state index contributed by atoms with van der Waals surface area (Å²) < 4.78 is 0. The zero-order valence-corrected chi connectivity index (χ0v) is 7.98. The molecule has 1 N–H and O–H groups in total. The molecule has 0 aromatic heterocycles. The summed E-state index contributed by atoms with van der Waals surface area (Å²) in [7, 11) is 0. The van der Waals surface area contributed by atoms with Crippen LogP contribution in [0.25, 0.3) is 0 Å². The maximum atomic E-state index is 8.99. The van der Waals surface area contributed by atoms with E-state index in [0.29, 0.717) is 0 Å². The Morgan fingerprint density at radius 3 is 2.57 bits per heavy atom. The molecule has 0 heterocycles. The molecule has 2 heteroatoms. The van der Waals surface area contributed by atoms with Crippen LogP contribution in [0.5, 0.6) is 0 Å². The monoisotopic (exact) mass is 187 g/mol. The molecule has 0 saturated heterocycles. The van der Waals surface area contributed by atoms with Crippen LogP contribution in [0.4, 0.5) is 0 Å². The topological polar surface area (TPSA) is 32.6 Å². The first-order chi connectivity index (χ1) is 6.92. The molecule has 1 aliphatic carbocycles. The summed E-state index contributed by atoms with van der Waals surface area (Å²) in [5.74, 6) is 0. The average Bonchev–Trinajstić information content (AvgIpc) is 2.74. The summed E-state index contributed by atoms with van der Waals surface area (Å²) in [6.07, 6.45) is 5.44. The van der Waals surface area contributed by atoms with Gasteiger partial charge in [-0.3, -0.25) is 0 Å². The van der Waals surface area contributed by atoms with Crippen molar-refractivity contribution in [2.45, 2.75) is 19.3 Å². The number of oxime groups is 1. The van der Waals surface area contributed by atoms with Gasteiger partial charge < -0.3 is 5.21 Å². The molecule has 1 aliphatic rings. The van der Waals surface area contributed by atoms with E-state index in [1.807, 2.05) is 30.3 Å². The molecule has 1 aromatic carbocycles. The van der Waals surface area contributed by atoms with Crippen LogP contribution in [-0.4, -0.2) is 10.9 Å². The first kappa shape index (κ1) is 9.00. The summed E-state index contributed by atoms with van der Waals surface area (Å²) in [4.78, 5) is 0. The fourth-order valence-corrected chi connectivity index (χ4v) is 1.79. The van der Waals surface area contributed by atoms with Crippen molar-refractivity contribution in [1.82, 2.24) is 0 Å². The predicted molar refractivity (Wildman–Crippen MR) is 56.7 cm³/mol. The molecule has 1 aromatic rings. The van der Waals surface area contributed by atoms with Gasteiger partial charge >= 0.3 is 0 Å². The lowest BCUT2D eigenvalue weighted by atomic mass is 10.0. The quantitative estimate of drug-likeness (QED) is 0.431. The van der Waals surface area contributed by atoms with Crippen LogP contribution in [0.3, 0.4) is 0 Å². The van der Waals surface area contributed by atoms with Crippen LogP contribution >= 0.6 is 0 Å². The van der Waals surface area contributed by atoms with Gasteiger partial charge in [0, 0.05) is 5.56 Å². The Bertz CT molecular complexity index is 365. The number of benzene rings is 1. The minimum absolute atomic E-state index is 0.725. The Labute approximate surface area is 83.6 Å². The Hall–Kier alpha value is -1.57. The molecule has 72 valence electrons. The van der Waals surface area contributed by atoms with E-state index in [9.17, 15) is 0 Å². The third-order valence-electron chi connectivity index (χ3n) is 2.49. The van der Waals surface area contributed by atoms with E-state index < -0.39 is 0 Å². The molecule has 14 heavy (non-hydrogen) atoms. The smallest absolute Gasteiger partial charge is 0.112 e. The lowest BCUT2D eigenvalue weighted by Gasteiger charge is -2.04. The Morgan fingerprint density at radius 1 is 1.21 bits per heavy atom. The second-order valence-electron chi connectivity index (χ2n) is 3.44. The zero-order valence-electron chi connectivity index (χ0n) is 7.98. The van der Waals surface area contributed by atoms with E-state index in [1.54, 1.807) is 0 Å². The number of rotatable bonds is 2. The Balaban J connectivity index is 2.31. The van der Waals surface area contributed by atoms with Crippen LogP contribution in [0.1, 0.15) is 24.8 Å². The van der Waals surface area contributed by atoms with Gasteiger partial charge in [0.2, 0.25) is 0 Å². The van der Waals surface area contributed by atoms with Gasteiger partial charge in [-0.15, -0.1) is 0 Å². The summed E-state index contributed by atoms with van der Waals surface area (Å²) in [5.41, 5.74) is 2.88. The van der Waals surface area contributed by atoms with Crippen molar-refractivity contribution in [2.24, 2.45) is 5.16 Å². The van der Waals surface area contributed by atoms with Crippen molar-refractivity contribution < 1.29 is 5.21 Å². The third-order valence-corrected chi connectivity index (χ3v) is 2.49. The van der Waals surface area contributed by atoms with Crippen LogP contribution < -0.4 is 0 Å². The van der Waals surface area contributed by atoms with Crippen molar-refractivity contribution in [3.05, 3.63) is 47.5 Å². The number of hydrogen-bond acceptors (Lipinski definition) is 2. The first-order valence-electron chi connectivity index (χ1n) is 4.88. The number of hydrogen-bond donors (Lipinski definition) is 1. The predicted octanol–water partition coefficient (Wildman–Crippen LogP) is 2.98. The van der Waals surface area contributed by atoms with Gasteiger partial charge in [0.15, 0.2) is 0 Å². The highest BCUT2D eigenvalue weighted by Gasteiger charge is 2.13. The lowest BCUT2D eigenvalue weighted by molar-refractivity contribution is 0.319. The minimum Gasteiger partial charge on any atom is -0.410 e. The van der Waals surface area contributed by atoms with Crippen molar-refractivity contribution in [3.8, 4) is 0 Å². The largest absolute Gasteiger partial charge is 0.410 e. The van der Waals surface area contributed by atoms with Crippen molar-refractivity contribution in [1.29, 1.82) is 0 Å². The molecule has 0 unspecified atom stereocenters. The zero-order chi connectivity index (χ0) is 9.80. The van der Waals surface area contributed by atoms with E-state index in [-0.39, 0.29) is 0 Å². The summed E-state index contributed by atoms with van der Waals surface area (Å²) in [6.45, 7) is 0. The molecule has 0 aliphatic heterocycles. The second kappa shape index (κ2) is 4.09. The van der Waals surface area contributed by atoms with E-state index in [4.69, 9.17) is 5.21 Å². The SMILES string of the molecule is ON=C(C1=CCCC1)c1ccccc1. The highest BCUT2D eigenvalue weighted by atomic mass is 16.4. The normalized spacial score (nSPS) is 16.9. The van der Waals surface area contributed by atoms with Crippen molar-refractivity contribution >= 4 is 5.71 Å². The molecule has 0 radical (unpaired) electrons.